The molecule has 0 aliphatic carbocycles. The largest absolute Gasteiger partial charge is 0.243 e. The van der Waals surface area contributed by atoms with Crippen LogP contribution in [0.25, 0.3) is 0 Å². The fourth-order valence-corrected chi connectivity index (χ4v) is 5.11. The second kappa shape index (κ2) is 6.82. The predicted molar refractivity (Wildman–Crippen MR) is 95.6 cm³/mol. The number of halogens is 1. The van der Waals surface area contributed by atoms with E-state index in [1.165, 1.54) is 0 Å². The van der Waals surface area contributed by atoms with Crippen LogP contribution in [0, 0.1) is 13.8 Å². The molecule has 24 heavy (non-hydrogen) atoms. The van der Waals surface area contributed by atoms with Gasteiger partial charge in [-0.3, -0.25) is 0 Å². The molecule has 6 heteroatoms. The lowest BCUT2D eigenvalue weighted by molar-refractivity contribution is 0.255. The van der Waals surface area contributed by atoms with Crippen molar-refractivity contribution in [1.29, 1.82) is 0 Å². The first-order valence-corrected chi connectivity index (χ1v) is 9.93. The number of nitrogens with zero attached hydrogens (tertiary/aromatic N) is 2. The van der Waals surface area contributed by atoms with Crippen LogP contribution in [0.4, 0.5) is 0 Å². The van der Waals surface area contributed by atoms with E-state index in [0.29, 0.717) is 16.6 Å². The minimum Gasteiger partial charge on any atom is -0.241 e. The monoisotopic (exact) mass is 364 g/mol. The van der Waals surface area contributed by atoms with Crippen LogP contribution >= 0.6 is 11.6 Å². The van der Waals surface area contributed by atoms with Gasteiger partial charge in [-0.1, -0.05) is 41.8 Å². The molecule has 0 radical (unpaired) electrons. The summed E-state index contributed by atoms with van der Waals surface area (Å²) < 4.78 is 27.9. The zero-order chi connectivity index (χ0) is 17.3. The minimum atomic E-state index is -3.53. The number of hydrogen-bond acceptors (Lipinski definition) is 3. The predicted octanol–water partition coefficient (Wildman–Crippen LogP) is 4.27. The van der Waals surface area contributed by atoms with Gasteiger partial charge in [0.15, 0.2) is 0 Å². The molecule has 0 unspecified atom stereocenters. The molecule has 3 rings (SSSR count). The van der Waals surface area contributed by atoms with Gasteiger partial charge in [-0.05, 0) is 50.5 Å². The first kappa shape index (κ1) is 17.4. The van der Waals surface area contributed by atoms with Crippen molar-refractivity contribution in [3.05, 3.63) is 58.4 Å². The lowest BCUT2D eigenvalue weighted by Gasteiger charge is -2.35. The molecule has 1 atom stereocenters. The number of hydrogen-bond donors (Lipinski definition) is 0. The van der Waals surface area contributed by atoms with E-state index < -0.39 is 10.0 Å². The van der Waals surface area contributed by atoms with Crippen LogP contribution in [0.3, 0.4) is 0 Å². The van der Waals surface area contributed by atoms with Crippen LogP contribution in [0.1, 0.15) is 42.1 Å². The van der Waals surface area contributed by atoms with Crippen molar-refractivity contribution in [1.82, 2.24) is 9.29 Å². The van der Waals surface area contributed by atoms with Gasteiger partial charge in [0.05, 0.1) is 10.9 Å². The maximum Gasteiger partial charge on any atom is 0.243 e. The van der Waals surface area contributed by atoms with Crippen LogP contribution < -0.4 is 0 Å². The van der Waals surface area contributed by atoms with Crippen LogP contribution in [0.2, 0.25) is 5.15 Å². The highest BCUT2D eigenvalue weighted by Crippen LogP contribution is 2.36. The van der Waals surface area contributed by atoms with Crippen molar-refractivity contribution in [2.24, 2.45) is 0 Å². The molecule has 0 saturated carbocycles. The second-order valence-corrected chi connectivity index (χ2v) is 8.53. The molecule has 1 fully saturated rings. The summed E-state index contributed by atoms with van der Waals surface area (Å²) >= 11 is 5.95. The number of sulfonamides is 1. The van der Waals surface area contributed by atoms with E-state index in [4.69, 9.17) is 11.6 Å². The molecule has 4 nitrogen and oxygen atoms in total. The highest BCUT2D eigenvalue weighted by Gasteiger charge is 2.35. The topological polar surface area (TPSA) is 50.3 Å². The highest BCUT2D eigenvalue weighted by atomic mass is 35.5. The summed E-state index contributed by atoms with van der Waals surface area (Å²) in [5.74, 6) is 0. The number of rotatable bonds is 3. The van der Waals surface area contributed by atoms with Crippen molar-refractivity contribution >= 4 is 21.6 Å². The number of benzene rings is 1. The van der Waals surface area contributed by atoms with Gasteiger partial charge in [0, 0.05) is 12.2 Å². The molecule has 2 aromatic rings. The molecule has 1 saturated heterocycles. The molecular weight excluding hydrogens is 344 g/mol. The quantitative estimate of drug-likeness (QED) is 0.764. The van der Waals surface area contributed by atoms with Gasteiger partial charge in [0.2, 0.25) is 10.0 Å². The zero-order valence-corrected chi connectivity index (χ0v) is 15.4. The minimum absolute atomic E-state index is 0.185. The van der Waals surface area contributed by atoms with E-state index in [-0.39, 0.29) is 6.04 Å². The highest BCUT2D eigenvalue weighted by molar-refractivity contribution is 7.89. The van der Waals surface area contributed by atoms with E-state index in [1.54, 1.807) is 22.5 Å². The smallest absolute Gasteiger partial charge is 0.241 e. The average Bonchev–Trinajstić information content (AvgIpc) is 2.55. The number of aryl methyl sites for hydroxylation is 2. The maximum absolute atomic E-state index is 13.1. The van der Waals surface area contributed by atoms with Crippen molar-refractivity contribution < 1.29 is 8.42 Å². The Morgan fingerprint density at radius 3 is 2.46 bits per heavy atom. The second-order valence-electron chi connectivity index (χ2n) is 6.25. The SMILES string of the molecule is Cc1ccc(S(=O)(=O)N2CCCC[C@@H]2c2ccc(Cl)nc2C)cc1. The Hall–Kier alpha value is -1.43. The van der Waals surface area contributed by atoms with Gasteiger partial charge in [-0.2, -0.15) is 4.31 Å². The standard InChI is InChI=1S/C18H21ClN2O2S/c1-13-6-8-15(9-7-13)24(22,23)21-12-4-3-5-17(21)16-10-11-18(19)20-14(16)2/h6-11,17H,3-5,12H2,1-2H3/t17-/m1/s1. The molecule has 1 aliphatic heterocycles. The van der Waals surface area contributed by atoms with Crippen molar-refractivity contribution in [3.8, 4) is 0 Å². The van der Waals surface area contributed by atoms with Crippen molar-refractivity contribution in [3.63, 3.8) is 0 Å². The van der Waals surface area contributed by atoms with Crippen LogP contribution in [-0.2, 0) is 10.0 Å². The summed E-state index contributed by atoms with van der Waals surface area (Å²) in [6.07, 6.45) is 2.68. The van der Waals surface area contributed by atoms with Gasteiger partial charge in [0.1, 0.15) is 5.15 Å². The van der Waals surface area contributed by atoms with E-state index >= 15 is 0 Å². The van der Waals surface area contributed by atoms with Gasteiger partial charge in [-0.15, -0.1) is 0 Å². The lowest BCUT2D eigenvalue weighted by atomic mass is 9.97. The van der Waals surface area contributed by atoms with Gasteiger partial charge < -0.3 is 0 Å². The molecule has 0 N–H and O–H groups in total. The Labute approximate surface area is 148 Å². The molecular formula is C18H21ClN2O2S. The Balaban J connectivity index is 2.01. The fourth-order valence-electron chi connectivity index (χ4n) is 3.24. The Morgan fingerprint density at radius 2 is 1.79 bits per heavy atom. The molecule has 1 aliphatic rings. The summed E-state index contributed by atoms with van der Waals surface area (Å²) in [5, 5.41) is 0.431. The summed E-state index contributed by atoms with van der Waals surface area (Å²) in [4.78, 5) is 4.64. The molecule has 1 aromatic carbocycles. The maximum atomic E-state index is 13.1. The first-order chi connectivity index (χ1) is 11.4. The van der Waals surface area contributed by atoms with Gasteiger partial charge >= 0.3 is 0 Å². The molecule has 2 heterocycles. The Kier molecular flexibility index (Phi) is 4.95. The Morgan fingerprint density at radius 1 is 1.08 bits per heavy atom. The van der Waals surface area contributed by atoms with E-state index in [2.05, 4.69) is 4.98 Å². The summed E-state index contributed by atoms with van der Waals surface area (Å²) in [5.41, 5.74) is 2.77. The third-order valence-corrected chi connectivity index (χ3v) is 6.67. The van der Waals surface area contributed by atoms with Crippen molar-refractivity contribution in [2.45, 2.75) is 44.0 Å². The molecule has 1 aromatic heterocycles. The van der Waals surface area contributed by atoms with Crippen molar-refractivity contribution in [2.75, 3.05) is 6.54 Å². The first-order valence-electron chi connectivity index (χ1n) is 8.11. The van der Waals surface area contributed by atoms with Gasteiger partial charge in [-0.25, -0.2) is 13.4 Å². The zero-order valence-electron chi connectivity index (χ0n) is 13.9. The number of pyridine rings is 1. The average molecular weight is 365 g/mol. The molecule has 128 valence electrons. The summed E-state index contributed by atoms with van der Waals surface area (Å²) in [7, 11) is -3.53. The van der Waals surface area contributed by atoms with Crippen LogP contribution in [0.15, 0.2) is 41.3 Å². The normalized spacial score (nSPS) is 19.4. The summed E-state index contributed by atoms with van der Waals surface area (Å²) in [6.45, 7) is 4.36. The van der Waals surface area contributed by atoms with Gasteiger partial charge in [0.25, 0.3) is 0 Å². The third kappa shape index (κ3) is 3.34. The third-order valence-electron chi connectivity index (χ3n) is 4.53. The fraction of sp³-hybridized carbons (Fsp3) is 0.389. The molecule has 0 amide bonds. The van der Waals surface area contributed by atoms with E-state index in [0.717, 1.165) is 36.1 Å². The Bertz CT molecular complexity index is 835. The number of piperidine rings is 1. The van der Waals surface area contributed by atoms with E-state index in [9.17, 15) is 8.42 Å². The summed E-state index contributed by atoms with van der Waals surface area (Å²) in [6, 6.07) is 10.5. The molecule has 0 bridgehead atoms. The number of aromatic nitrogens is 1. The molecule has 0 spiro atoms. The van der Waals surface area contributed by atoms with Crippen LogP contribution in [0.5, 0.6) is 0 Å². The van der Waals surface area contributed by atoms with Crippen LogP contribution in [-0.4, -0.2) is 24.3 Å². The van der Waals surface area contributed by atoms with E-state index in [1.807, 2.05) is 32.0 Å². The lowest BCUT2D eigenvalue weighted by Crippen LogP contribution is -2.38.